The van der Waals surface area contributed by atoms with Gasteiger partial charge in [-0.3, -0.25) is 4.79 Å². The second-order valence-corrected chi connectivity index (χ2v) is 6.53. The Hall–Kier alpha value is -1.45. The van der Waals surface area contributed by atoms with Gasteiger partial charge in [-0.15, -0.1) is 11.6 Å². The third-order valence-electron chi connectivity index (χ3n) is 3.20. The highest BCUT2D eigenvalue weighted by atomic mass is 35.5. The van der Waals surface area contributed by atoms with E-state index in [1.807, 2.05) is 6.07 Å². The van der Waals surface area contributed by atoms with Crippen LogP contribution in [0.25, 0.3) is 0 Å². The summed E-state index contributed by atoms with van der Waals surface area (Å²) in [6.45, 7) is 0. The zero-order valence-electron chi connectivity index (χ0n) is 12.9. The Bertz CT molecular complexity index is 609. The second-order valence-electron chi connectivity index (χ2n) is 5.00. The van der Waals surface area contributed by atoms with Crippen LogP contribution < -0.4 is 0 Å². The first-order chi connectivity index (χ1) is 11.4. The number of Topliss-reactive ketones (excluding diaryl/α,β-unsaturated/α-hetero) is 1. The molecular weight excluding hydrogens is 359 g/mol. The normalized spacial score (nSPS) is 12.5. The van der Waals surface area contributed by atoms with Crippen LogP contribution in [0.4, 0.5) is 13.2 Å². The predicted molar refractivity (Wildman–Crippen MR) is 90.9 cm³/mol. The molecular formula is C17H17ClF3NOS. The number of thioether (sulfide) groups is 1. The van der Waals surface area contributed by atoms with Gasteiger partial charge in [-0.2, -0.15) is 18.4 Å². The number of alkyl halides is 4. The van der Waals surface area contributed by atoms with Crippen LogP contribution in [-0.2, 0) is 0 Å². The van der Waals surface area contributed by atoms with Crippen LogP contribution >= 0.6 is 23.4 Å². The molecule has 1 aromatic carbocycles. The lowest BCUT2D eigenvalue weighted by Crippen LogP contribution is -2.04. The fraction of sp³-hybridized carbons (Fsp3) is 0.412. The molecule has 0 aliphatic heterocycles. The number of carbonyl (C=O) groups is 1. The van der Waals surface area contributed by atoms with Crippen molar-refractivity contribution in [2.24, 2.45) is 0 Å². The van der Waals surface area contributed by atoms with E-state index in [1.54, 1.807) is 30.3 Å². The second kappa shape index (κ2) is 10.4. The highest BCUT2D eigenvalue weighted by Gasteiger charge is 2.31. The molecule has 0 N–H and O–H groups in total. The lowest BCUT2D eigenvalue weighted by Gasteiger charge is -2.12. The van der Waals surface area contributed by atoms with Gasteiger partial charge in [0.25, 0.3) is 0 Å². The Labute approximate surface area is 148 Å². The van der Waals surface area contributed by atoms with Crippen LogP contribution in [0.1, 0.15) is 42.5 Å². The van der Waals surface area contributed by atoms with Crippen LogP contribution in [0.5, 0.6) is 0 Å². The van der Waals surface area contributed by atoms with Crippen molar-refractivity contribution in [1.82, 2.24) is 0 Å². The largest absolute Gasteiger partial charge is 0.446 e. The molecule has 0 heterocycles. The number of halogens is 4. The molecule has 0 aliphatic carbocycles. The molecule has 0 atom stereocenters. The minimum absolute atomic E-state index is 0.00349. The van der Waals surface area contributed by atoms with Crippen molar-refractivity contribution < 1.29 is 18.0 Å². The smallest absolute Gasteiger partial charge is 0.294 e. The van der Waals surface area contributed by atoms with Crippen LogP contribution in [0.2, 0.25) is 0 Å². The van der Waals surface area contributed by atoms with E-state index < -0.39 is 5.51 Å². The first-order valence-electron chi connectivity index (χ1n) is 7.39. The molecule has 1 rings (SSSR count). The highest BCUT2D eigenvalue weighted by molar-refractivity contribution is 8.03. The summed E-state index contributed by atoms with van der Waals surface area (Å²) in [6, 6.07) is 10.3. The van der Waals surface area contributed by atoms with Crippen molar-refractivity contribution >= 4 is 29.1 Å². The molecule has 24 heavy (non-hydrogen) atoms. The fourth-order valence-corrected chi connectivity index (χ4v) is 3.03. The van der Waals surface area contributed by atoms with Gasteiger partial charge in [0, 0.05) is 28.3 Å². The van der Waals surface area contributed by atoms with Gasteiger partial charge >= 0.3 is 5.51 Å². The molecule has 2 nitrogen and oxygen atoms in total. The Morgan fingerprint density at radius 2 is 1.79 bits per heavy atom. The summed E-state index contributed by atoms with van der Waals surface area (Å²) in [6.07, 6.45) is 1.19. The number of unbranched alkanes of at least 4 members (excludes halogenated alkanes) is 1. The van der Waals surface area contributed by atoms with Crippen LogP contribution in [0.15, 0.2) is 40.8 Å². The number of hydrogen-bond acceptors (Lipinski definition) is 3. The van der Waals surface area contributed by atoms with Crippen molar-refractivity contribution in [2.45, 2.75) is 37.6 Å². The number of nitrogens with zero attached hydrogens (tertiary/aromatic N) is 1. The molecule has 0 bridgehead atoms. The SMILES string of the molecule is N#C/C(CCC(=O)c1ccccc1)=C(\CCCCCl)SC(F)(F)F. The van der Waals surface area contributed by atoms with Gasteiger partial charge in [0.15, 0.2) is 5.78 Å². The number of allylic oxidation sites excluding steroid dienone is 2. The van der Waals surface area contributed by atoms with E-state index in [0.717, 1.165) is 0 Å². The molecule has 0 saturated carbocycles. The van der Waals surface area contributed by atoms with Crippen molar-refractivity contribution in [2.75, 3.05) is 5.88 Å². The molecule has 0 unspecified atom stereocenters. The minimum Gasteiger partial charge on any atom is -0.294 e. The maximum Gasteiger partial charge on any atom is 0.446 e. The zero-order chi connectivity index (χ0) is 18.0. The molecule has 0 aromatic heterocycles. The number of rotatable bonds is 9. The molecule has 1 aromatic rings. The van der Waals surface area contributed by atoms with Crippen molar-refractivity contribution in [1.29, 1.82) is 5.26 Å². The Morgan fingerprint density at radius 3 is 2.33 bits per heavy atom. The summed E-state index contributed by atoms with van der Waals surface area (Å²) in [7, 11) is 0. The third kappa shape index (κ3) is 7.89. The number of nitriles is 1. The summed E-state index contributed by atoms with van der Waals surface area (Å²) in [4.78, 5) is 12.0. The molecule has 7 heteroatoms. The monoisotopic (exact) mass is 375 g/mol. The third-order valence-corrected chi connectivity index (χ3v) is 4.39. The molecule has 0 spiro atoms. The van der Waals surface area contributed by atoms with E-state index in [0.29, 0.717) is 24.3 Å². The van der Waals surface area contributed by atoms with E-state index in [2.05, 4.69) is 0 Å². The molecule has 130 valence electrons. The summed E-state index contributed by atoms with van der Waals surface area (Å²) in [5.41, 5.74) is -3.94. The predicted octanol–water partition coefficient (Wildman–Crippen LogP) is 6.09. The fourth-order valence-electron chi connectivity index (χ4n) is 2.05. The Kier molecular flexibility index (Phi) is 8.94. The van der Waals surface area contributed by atoms with Gasteiger partial charge in [0.1, 0.15) is 0 Å². The van der Waals surface area contributed by atoms with E-state index >= 15 is 0 Å². The quantitative estimate of drug-likeness (QED) is 0.227. The van der Waals surface area contributed by atoms with Gasteiger partial charge in [-0.1, -0.05) is 30.3 Å². The summed E-state index contributed by atoms with van der Waals surface area (Å²) >= 11 is 5.28. The summed E-state index contributed by atoms with van der Waals surface area (Å²) < 4.78 is 38.1. The van der Waals surface area contributed by atoms with Crippen molar-refractivity contribution in [3.8, 4) is 6.07 Å². The topological polar surface area (TPSA) is 40.9 Å². The first kappa shape index (κ1) is 20.6. The summed E-state index contributed by atoms with van der Waals surface area (Å²) in [5, 5.41) is 9.21. The molecule has 0 aliphatic rings. The molecule has 0 radical (unpaired) electrons. The number of benzene rings is 1. The van der Waals surface area contributed by atoms with Gasteiger partial charge in [-0.05, 0) is 37.4 Å². The van der Waals surface area contributed by atoms with Crippen LogP contribution in [0, 0.1) is 11.3 Å². The van der Waals surface area contributed by atoms with Gasteiger partial charge in [-0.25, -0.2) is 0 Å². The standard InChI is InChI=1S/C17H17ClF3NOS/c18-11-5-4-8-16(24-17(19,20)21)14(12-22)9-10-15(23)13-6-2-1-3-7-13/h1-3,6-7H,4-5,8-11H2/b16-14+. The van der Waals surface area contributed by atoms with E-state index in [1.165, 1.54) is 0 Å². The lowest BCUT2D eigenvalue weighted by atomic mass is 10.0. The lowest BCUT2D eigenvalue weighted by molar-refractivity contribution is -0.0322. The Morgan fingerprint density at radius 1 is 1.12 bits per heavy atom. The average Bonchev–Trinajstić information content (AvgIpc) is 2.54. The van der Waals surface area contributed by atoms with Gasteiger partial charge in [0.2, 0.25) is 0 Å². The molecule has 0 amide bonds. The maximum atomic E-state index is 12.7. The van der Waals surface area contributed by atoms with E-state index in [4.69, 9.17) is 11.6 Å². The number of ketones is 1. The molecule has 0 fully saturated rings. The maximum absolute atomic E-state index is 12.7. The minimum atomic E-state index is -4.46. The van der Waals surface area contributed by atoms with Crippen molar-refractivity contribution in [3.63, 3.8) is 0 Å². The number of carbonyl (C=O) groups excluding carboxylic acids is 1. The van der Waals surface area contributed by atoms with Gasteiger partial charge in [0.05, 0.1) is 6.07 Å². The van der Waals surface area contributed by atoms with Crippen LogP contribution in [-0.4, -0.2) is 17.2 Å². The van der Waals surface area contributed by atoms with Gasteiger partial charge < -0.3 is 0 Å². The van der Waals surface area contributed by atoms with E-state index in [-0.39, 0.29) is 47.3 Å². The zero-order valence-corrected chi connectivity index (χ0v) is 14.5. The van der Waals surface area contributed by atoms with E-state index in [9.17, 15) is 23.2 Å². The first-order valence-corrected chi connectivity index (χ1v) is 8.74. The van der Waals surface area contributed by atoms with Crippen LogP contribution in [0.3, 0.4) is 0 Å². The molecule has 0 saturated heterocycles. The number of hydrogen-bond donors (Lipinski definition) is 0. The Balaban J connectivity index is 2.83. The average molecular weight is 376 g/mol. The highest BCUT2D eigenvalue weighted by Crippen LogP contribution is 2.40. The van der Waals surface area contributed by atoms with Crippen molar-refractivity contribution in [3.05, 3.63) is 46.4 Å². The summed E-state index contributed by atoms with van der Waals surface area (Å²) in [5.74, 6) is 0.165.